The zero-order valence-corrected chi connectivity index (χ0v) is 6.05. The van der Waals surface area contributed by atoms with Crippen LogP contribution in [0.4, 0.5) is 0 Å². The molecule has 0 aliphatic heterocycles. The normalized spacial score (nSPS) is 9.80. The molecular weight excluding hydrogens is 130 g/mol. The van der Waals surface area contributed by atoms with E-state index >= 15 is 0 Å². The van der Waals surface area contributed by atoms with Gasteiger partial charge in [-0.25, -0.2) is 4.98 Å². The Morgan fingerprint density at radius 2 is 2.50 bits per heavy atom. The molecule has 0 amide bonds. The zero-order chi connectivity index (χ0) is 7.56. The van der Waals surface area contributed by atoms with Crippen LogP contribution in [0, 0.1) is 6.92 Å². The molecule has 54 valence electrons. The van der Waals surface area contributed by atoms with E-state index in [-0.39, 0.29) is 5.78 Å². The van der Waals surface area contributed by atoms with Gasteiger partial charge in [-0.3, -0.25) is 4.79 Å². The number of ketones is 1. The number of carbonyl (C=O) groups is 1. The molecule has 3 nitrogen and oxygen atoms in total. The summed E-state index contributed by atoms with van der Waals surface area (Å²) in [7, 11) is 0. The smallest absolute Gasteiger partial charge is 0.201 e. The van der Waals surface area contributed by atoms with Gasteiger partial charge in [0, 0.05) is 0 Å². The van der Waals surface area contributed by atoms with Crippen molar-refractivity contribution < 1.29 is 9.21 Å². The van der Waals surface area contributed by atoms with E-state index in [9.17, 15) is 4.79 Å². The highest BCUT2D eigenvalue weighted by molar-refractivity contribution is 5.77. The molecule has 0 fully saturated rings. The number of Topliss-reactive ketones (excluding diaryl/α,β-unsaturated/α-hetero) is 1. The molecule has 0 spiro atoms. The molecule has 0 saturated carbocycles. The number of hydrogen-bond donors (Lipinski definition) is 0. The van der Waals surface area contributed by atoms with Crippen LogP contribution in [0.3, 0.4) is 0 Å². The van der Waals surface area contributed by atoms with Crippen molar-refractivity contribution in [1.82, 2.24) is 4.98 Å². The summed E-state index contributed by atoms with van der Waals surface area (Å²) in [4.78, 5) is 14.5. The zero-order valence-electron chi connectivity index (χ0n) is 6.05. The molecule has 0 N–H and O–H groups in total. The topological polar surface area (TPSA) is 43.1 Å². The van der Waals surface area contributed by atoms with Gasteiger partial charge in [-0.05, 0) is 13.8 Å². The van der Waals surface area contributed by atoms with Crippen molar-refractivity contribution in [2.45, 2.75) is 20.3 Å². The van der Waals surface area contributed by atoms with Gasteiger partial charge in [-0.1, -0.05) is 0 Å². The van der Waals surface area contributed by atoms with E-state index < -0.39 is 0 Å². The fourth-order valence-corrected chi connectivity index (χ4v) is 0.697. The maximum atomic E-state index is 10.5. The van der Waals surface area contributed by atoms with Gasteiger partial charge >= 0.3 is 0 Å². The molecule has 0 atom stereocenters. The van der Waals surface area contributed by atoms with Gasteiger partial charge in [-0.2, -0.15) is 0 Å². The Morgan fingerprint density at radius 3 is 2.90 bits per heavy atom. The SMILES string of the molecule is CC(=O)Cc1nc(C)co1. The highest BCUT2D eigenvalue weighted by atomic mass is 16.3. The van der Waals surface area contributed by atoms with Crippen LogP contribution >= 0.6 is 0 Å². The first-order valence-corrected chi connectivity index (χ1v) is 3.09. The van der Waals surface area contributed by atoms with Crippen LogP contribution in [0.2, 0.25) is 0 Å². The highest BCUT2D eigenvalue weighted by Crippen LogP contribution is 2.00. The Hall–Kier alpha value is -1.12. The summed E-state index contributed by atoms with van der Waals surface area (Å²) in [6, 6.07) is 0. The average Bonchev–Trinajstić information content (AvgIpc) is 2.13. The molecule has 0 radical (unpaired) electrons. The predicted molar refractivity (Wildman–Crippen MR) is 35.6 cm³/mol. The summed E-state index contributed by atoms with van der Waals surface area (Å²) in [6.07, 6.45) is 1.84. The minimum Gasteiger partial charge on any atom is -0.448 e. The number of rotatable bonds is 2. The number of hydrogen-bond acceptors (Lipinski definition) is 3. The van der Waals surface area contributed by atoms with Crippen LogP contribution in [-0.2, 0) is 11.2 Å². The number of carbonyl (C=O) groups excluding carboxylic acids is 1. The predicted octanol–water partition coefficient (Wildman–Crippen LogP) is 1.11. The van der Waals surface area contributed by atoms with E-state index in [4.69, 9.17) is 4.42 Å². The molecule has 3 heteroatoms. The molecule has 0 aromatic carbocycles. The summed E-state index contributed by atoms with van der Waals surface area (Å²) >= 11 is 0. The van der Waals surface area contributed by atoms with E-state index in [1.54, 1.807) is 0 Å². The van der Waals surface area contributed by atoms with E-state index in [1.165, 1.54) is 13.2 Å². The standard InChI is InChI=1S/C7H9NO2/c1-5-4-10-7(8-5)3-6(2)9/h4H,3H2,1-2H3. The molecule has 10 heavy (non-hydrogen) atoms. The largest absolute Gasteiger partial charge is 0.448 e. The summed E-state index contributed by atoms with van der Waals surface area (Å²) < 4.78 is 4.94. The van der Waals surface area contributed by atoms with Crippen molar-refractivity contribution in [3.63, 3.8) is 0 Å². The molecule has 0 saturated heterocycles. The molecule has 1 aromatic heterocycles. The summed E-state index contributed by atoms with van der Waals surface area (Å²) in [5.41, 5.74) is 0.816. The van der Waals surface area contributed by atoms with Crippen LogP contribution in [0.1, 0.15) is 18.5 Å². The second kappa shape index (κ2) is 2.64. The van der Waals surface area contributed by atoms with Gasteiger partial charge < -0.3 is 4.42 Å². The third kappa shape index (κ3) is 1.69. The Labute approximate surface area is 59.1 Å². The minimum absolute atomic E-state index is 0.0712. The second-order valence-corrected chi connectivity index (χ2v) is 2.26. The van der Waals surface area contributed by atoms with Gasteiger partial charge in [0.1, 0.15) is 12.0 Å². The molecule has 0 bridgehead atoms. The van der Waals surface area contributed by atoms with Crippen molar-refractivity contribution in [2.75, 3.05) is 0 Å². The van der Waals surface area contributed by atoms with Gasteiger partial charge in [0.05, 0.1) is 12.1 Å². The van der Waals surface area contributed by atoms with Crippen LogP contribution in [0.15, 0.2) is 10.7 Å². The van der Waals surface area contributed by atoms with Crippen molar-refractivity contribution >= 4 is 5.78 Å². The Morgan fingerprint density at radius 1 is 1.80 bits per heavy atom. The van der Waals surface area contributed by atoms with Gasteiger partial charge in [-0.15, -0.1) is 0 Å². The summed E-state index contributed by atoms with van der Waals surface area (Å²) in [5, 5.41) is 0. The fraction of sp³-hybridized carbons (Fsp3) is 0.429. The van der Waals surface area contributed by atoms with Crippen LogP contribution in [0.25, 0.3) is 0 Å². The molecule has 1 aromatic rings. The lowest BCUT2D eigenvalue weighted by Gasteiger charge is -1.85. The number of nitrogens with zero attached hydrogens (tertiary/aromatic N) is 1. The molecular formula is C7H9NO2. The quantitative estimate of drug-likeness (QED) is 0.616. The van der Waals surface area contributed by atoms with Crippen molar-refractivity contribution in [3.05, 3.63) is 17.8 Å². The van der Waals surface area contributed by atoms with E-state index in [2.05, 4.69) is 4.98 Å². The van der Waals surface area contributed by atoms with Crippen LogP contribution in [0.5, 0.6) is 0 Å². The van der Waals surface area contributed by atoms with Gasteiger partial charge in [0.25, 0.3) is 0 Å². The second-order valence-electron chi connectivity index (χ2n) is 2.26. The maximum absolute atomic E-state index is 10.5. The maximum Gasteiger partial charge on any atom is 0.201 e. The Kier molecular flexibility index (Phi) is 1.85. The average molecular weight is 139 g/mol. The van der Waals surface area contributed by atoms with Crippen molar-refractivity contribution in [2.24, 2.45) is 0 Å². The molecule has 0 unspecified atom stereocenters. The van der Waals surface area contributed by atoms with E-state index in [0.717, 1.165) is 5.69 Å². The lowest BCUT2D eigenvalue weighted by molar-refractivity contribution is -0.116. The number of aromatic nitrogens is 1. The lowest BCUT2D eigenvalue weighted by Crippen LogP contribution is -1.95. The summed E-state index contributed by atoms with van der Waals surface area (Å²) in [5.74, 6) is 0.576. The lowest BCUT2D eigenvalue weighted by atomic mass is 10.3. The highest BCUT2D eigenvalue weighted by Gasteiger charge is 2.02. The molecule has 1 rings (SSSR count). The van der Waals surface area contributed by atoms with E-state index in [1.807, 2.05) is 6.92 Å². The van der Waals surface area contributed by atoms with Crippen molar-refractivity contribution in [3.8, 4) is 0 Å². The fourth-order valence-electron chi connectivity index (χ4n) is 0.697. The van der Waals surface area contributed by atoms with E-state index in [0.29, 0.717) is 12.3 Å². The van der Waals surface area contributed by atoms with Gasteiger partial charge in [0.15, 0.2) is 0 Å². The third-order valence-electron chi connectivity index (χ3n) is 1.07. The summed E-state index contributed by atoms with van der Waals surface area (Å²) in [6.45, 7) is 3.34. The van der Waals surface area contributed by atoms with Crippen molar-refractivity contribution in [1.29, 1.82) is 0 Å². The first-order chi connectivity index (χ1) is 4.68. The first kappa shape index (κ1) is 6.99. The third-order valence-corrected chi connectivity index (χ3v) is 1.07. The Balaban J connectivity index is 2.67. The van der Waals surface area contributed by atoms with Crippen LogP contribution in [-0.4, -0.2) is 10.8 Å². The Bertz CT molecular complexity index is 240. The molecule has 0 aliphatic rings. The first-order valence-electron chi connectivity index (χ1n) is 3.09. The molecule has 1 heterocycles. The molecule has 0 aliphatic carbocycles. The minimum atomic E-state index is 0.0712. The monoisotopic (exact) mass is 139 g/mol. The van der Waals surface area contributed by atoms with Crippen LogP contribution < -0.4 is 0 Å². The van der Waals surface area contributed by atoms with Gasteiger partial charge in [0.2, 0.25) is 5.89 Å². The number of aryl methyl sites for hydroxylation is 1. The number of oxazole rings is 1.